The van der Waals surface area contributed by atoms with E-state index in [9.17, 15) is 22.8 Å². The van der Waals surface area contributed by atoms with E-state index < -0.39 is 23.2 Å². The fourth-order valence-electron chi connectivity index (χ4n) is 4.11. The zero-order valence-electron chi connectivity index (χ0n) is 17.6. The van der Waals surface area contributed by atoms with Crippen molar-refractivity contribution in [3.63, 3.8) is 0 Å². The van der Waals surface area contributed by atoms with Gasteiger partial charge in [0.1, 0.15) is 0 Å². The summed E-state index contributed by atoms with van der Waals surface area (Å²) in [5.41, 5.74) is -0.235. The molecule has 8 heteroatoms. The number of hydrogen-bond donors (Lipinski definition) is 1. The highest BCUT2D eigenvalue weighted by molar-refractivity contribution is 5.90. The molecule has 1 aliphatic heterocycles. The van der Waals surface area contributed by atoms with Crippen molar-refractivity contribution in [1.29, 1.82) is 0 Å². The van der Waals surface area contributed by atoms with Crippen LogP contribution in [0, 0.1) is 5.41 Å². The van der Waals surface area contributed by atoms with Gasteiger partial charge in [-0.25, -0.2) is 4.79 Å². The third-order valence-electron chi connectivity index (χ3n) is 5.57. The number of carbonyl (C=O) groups excluding carboxylic acids is 2. The Bertz CT molecular complexity index is 914. The zero-order chi connectivity index (χ0) is 22.6. The number of rotatable bonds is 4. The highest BCUT2D eigenvalue weighted by Gasteiger charge is 2.44. The molecule has 1 N–H and O–H groups in total. The maximum atomic E-state index is 13.1. The Morgan fingerprint density at radius 3 is 2.29 bits per heavy atom. The molecule has 2 aromatic carbocycles. The Balaban J connectivity index is 1.77. The van der Waals surface area contributed by atoms with Crippen molar-refractivity contribution < 1.29 is 22.8 Å². The summed E-state index contributed by atoms with van der Waals surface area (Å²) in [7, 11) is 3.41. The van der Waals surface area contributed by atoms with Crippen molar-refractivity contribution >= 4 is 17.6 Å². The molecule has 0 saturated carbocycles. The van der Waals surface area contributed by atoms with Crippen LogP contribution in [0.1, 0.15) is 24.0 Å². The number of hydrogen-bond acceptors (Lipinski definition) is 2. The minimum absolute atomic E-state index is 0.0385. The number of nitrogens with zero attached hydrogens (tertiary/aromatic N) is 2. The lowest BCUT2D eigenvalue weighted by atomic mass is 9.74. The molecule has 2 aromatic rings. The van der Waals surface area contributed by atoms with Gasteiger partial charge in [-0.2, -0.15) is 13.2 Å². The van der Waals surface area contributed by atoms with E-state index >= 15 is 0 Å². The van der Waals surface area contributed by atoms with Gasteiger partial charge in [-0.05, 0) is 49.1 Å². The van der Waals surface area contributed by atoms with E-state index in [2.05, 4.69) is 5.32 Å². The number of likely N-dealkylation sites (tertiary alicyclic amines) is 1. The van der Waals surface area contributed by atoms with Crippen molar-refractivity contribution in [3.8, 4) is 0 Å². The van der Waals surface area contributed by atoms with Crippen molar-refractivity contribution in [2.24, 2.45) is 5.41 Å². The smallest absolute Gasteiger partial charge is 0.348 e. The van der Waals surface area contributed by atoms with Gasteiger partial charge in [-0.3, -0.25) is 4.79 Å². The molecule has 1 heterocycles. The summed E-state index contributed by atoms with van der Waals surface area (Å²) in [6, 6.07) is 13.6. The summed E-state index contributed by atoms with van der Waals surface area (Å²) in [6.07, 6.45) is -2.61. The van der Waals surface area contributed by atoms with Gasteiger partial charge in [0, 0.05) is 32.9 Å². The summed E-state index contributed by atoms with van der Waals surface area (Å²) < 4.78 is 38.2. The number of piperidine rings is 1. The van der Waals surface area contributed by atoms with E-state index in [4.69, 9.17) is 0 Å². The summed E-state index contributed by atoms with van der Waals surface area (Å²) in [5, 5.41) is 2.65. The fourth-order valence-corrected chi connectivity index (χ4v) is 4.11. The molecule has 1 unspecified atom stereocenters. The zero-order valence-corrected chi connectivity index (χ0v) is 17.6. The molecule has 3 rings (SSSR count). The molecular weight excluding hydrogens is 407 g/mol. The Morgan fingerprint density at radius 1 is 1.06 bits per heavy atom. The fraction of sp³-hybridized carbons (Fsp3) is 0.391. The van der Waals surface area contributed by atoms with Crippen LogP contribution in [0.15, 0.2) is 54.6 Å². The normalized spacial score (nSPS) is 19.1. The molecule has 1 atom stereocenters. The first-order valence-corrected chi connectivity index (χ1v) is 10.1. The van der Waals surface area contributed by atoms with E-state index in [0.717, 1.165) is 17.7 Å². The van der Waals surface area contributed by atoms with E-state index in [0.29, 0.717) is 25.8 Å². The van der Waals surface area contributed by atoms with Crippen molar-refractivity contribution in [2.75, 3.05) is 32.5 Å². The first kappa shape index (κ1) is 22.7. The second-order valence-electron chi connectivity index (χ2n) is 8.17. The van der Waals surface area contributed by atoms with Gasteiger partial charge in [0.15, 0.2) is 0 Å². The van der Waals surface area contributed by atoms with Crippen LogP contribution in [0.4, 0.5) is 23.7 Å². The van der Waals surface area contributed by atoms with Crippen LogP contribution in [0.5, 0.6) is 0 Å². The lowest BCUT2D eigenvalue weighted by molar-refractivity contribution is -0.142. The predicted molar refractivity (Wildman–Crippen MR) is 113 cm³/mol. The van der Waals surface area contributed by atoms with E-state index in [1.54, 1.807) is 23.9 Å². The maximum Gasteiger partial charge on any atom is 0.416 e. The van der Waals surface area contributed by atoms with Gasteiger partial charge in [0.05, 0.1) is 11.0 Å². The monoisotopic (exact) mass is 433 g/mol. The van der Waals surface area contributed by atoms with Gasteiger partial charge in [0.25, 0.3) is 0 Å². The highest BCUT2D eigenvalue weighted by Crippen LogP contribution is 2.36. The Hall–Kier alpha value is -3.03. The number of alkyl halides is 3. The average Bonchev–Trinajstić information content (AvgIpc) is 2.73. The van der Waals surface area contributed by atoms with Crippen LogP contribution in [-0.2, 0) is 17.4 Å². The number of nitrogens with one attached hydrogen (secondary N) is 1. The number of benzene rings is 2. The molecular formula is C23H26F3N3O2. The molecule has 3 amide bonds. The predicted octanol–water partition coefficient (Wildman–Crippen LogP) is 4.65. The highest BCUT2D eigenvalue weighted by atomic mass is 19.4. The topological polar surface area (TPSA) is 52.7 Å². The molecule has 1 aliphatic rings. The summed E-state index contributed by atoms with van der Waals surface area (Å²) >= 11 is 0. The molecule has 0 aromatic heterocycles. The minimum Gasteiger partial charge on any atom is -0.348 e. The number of anilines is 1. The number of amides is 3. The van der Waals surface area contributed by atoms with E-state index in [1.165, 1.54) is 12.1 Å². The van der Waals surface area contributed by atoms with E-state index in [-0.39, 0.29) is 18.1 Å². The molecule has 5 nitrogen and oxygen atoms in total. The average molecular weight is 433 g/mol. The number of carbonyl (C=O) groups is 2. The molecule has 0 radical (unpaired) electrons. The Labute approximate surface area is 179 Å². The van der Waals surface area contributed by atoms with Gasteiger partial charge in [-0.1, -0.05) is 30.3 Å². The third-order valence-corrected chi connectivity index (χ3v) is 5.57. The van der Waals surface area contributed by atoms with Gasteiger partial charge < -0.3 is 15.1 Å². The van der Waals surface area contributed by atoms with Crippen LogP contribution in [-0.4, -0.2) is 48.9 Å². The quantitative estimate of drug-likeness (QED) is 0.763. The lowest BCUT2D eigenvalue weighted by Crippen LogP contribution is -2.55. The van der Waals surface area contributed by atoms with Gasteiger partial charge in [-0.15, -0.1) is 0 Å². The Morgan fingerprint density at radius 2 is 1.71 bits per heavy atom. The van der Waals surface area contributed by atoms with Crippen LogP contribution in [0.2, 0.25) is 0 Å². The first-order chi connectivity index (χ1) is 14.6. The molecule has 0 bridgehead atoms. The largest absolute Gasteiger partial charge is 0.416 e. The molecule has 0 aliphatic carbocycles. The van der Waals surface area contributed by atoms with Crippen LogP contribution < -0.4 is 5.32 Å². The standard InChI is InChI=1S/C23H26F3N3O2/c1-28(2)20(30)22(15-17-7-4-3-5-8-17)13-6-14-29(16-22)21(31)27-19-11-9-18(10-12-19)23(24,25)26/h3-5,7-12H,6,13-16H2,1-2H3,(H,27,31). The second kappa shape index (κ2) is 8.99. The second-order valence-corrected chi connectivity index (χ2v) is 8.17. The molecule has 166 valence electrons. The molecule has 1 saturated heterocycles. The van der Waals surface area contributed by atoms with Crippen LogP contribution in [0.3, 0.4) is 0 Å². The third kappa shape index (κ3) is 5.37. The van der Waals surface area contributed by atoms with Crippen molar-refractivity contribution in [3.05, 3.63) is 65.7 Å². The molecule has 1 fully saturated rings. The minimum atomic E-state index is -4.43. The van der Waals surface area contributed by atoms with Gasteiger partial charge in [0.2, 0.25) is 5.91 Å². The Kier molecular flexibility index (Phi) is 6.57. The SMILES string of the molecule is CN(C)C(=O)C1(Cc2ccccc2)CCCN(C(=O)Nc2ccc(C(F)(F)F)cc2)C1. The molecule has 0 spiro atoms. The van der Waals surface area contributed by atoms with Crippen molar-refractivity contribution in [1.82, 2.24) is 9.80 Å². The van der Waals surface area contributed by atoms with E-state index in [1.807, 2.05) is 30.3 Å². The molecule has 31 heavy (non-hydrogen) atoms. The van der Waals surface area contributed by atoms with Gasteiger partial charge >= 0.3 is 12.2 Å². The first-order valence-electron chi connectivity index (χ1n) is 10.1. The summed E-state index contributed by atoms with van der Waals surface area (Å²) in [4.78, 5) is 29.1. The summed E-state index contributed by atoms with van der Waals surface area (Å²) in [6.45, 7) is 0.717. The lowest BCUT2D eigenvalue weighted by Gasteiger charge is -2.43. The van der Waals surface area contributed by atoms with Crippen LogP contribution in [0.25, 0.3) is 0 Å². The maximum absolute atomic E-state index is 13.1. The van der Waals surface area contributed by atoms with Crippen LogP contribution >= 0.6 is 0 Å². The van der Waals surface area contributed by atoms with Crippen molar-refractivity contribution in [2.45, 2.75) is 25.4 Å². The summed E-state index contributed by atoms with van der Waals surface area (Å²) in [5.74, 6) is -0.0385. The number of urea groups is 1. The number of halogens is 3.